The number of allylic oxidation sites excluding steroid dienone is 4. The Bertz CT molecular complexity index is 1100. The Balaban J connectivity index is 1.56. The number of H-pyrrole nitrogens is 1. The summed E-state index contributed by atoms with van der Waals surface area (Å²) in [4.78, 5) is 9.20. The zero-order valence-electron chi connectivity index (χ0n) is 13.6. The van der Waals surface area contributed by atoms with Crippen molar-refractivity contribution in [1.29, 1.82) is 0 Å². The third-order valence-corrected chi connectivity index (χ3v) is 5.56. The molecule has 1 N–H and O–H groups in total. The van der Waals surface area contributed by atoms with E-state index in [1.54, 1.807) is 11.3 Å². The summed E-state index contributed by atoms with van der Waals surface area (Å²) in [5.41, 5.74) is 7.05. The number of hydrogen-bond acceptors (Lipinski definition) is 2. The number of aromatic amines is 1. The maximum absolute atomic E-state index is 4.62. The molecule has 3 heterocycles. The van der Waals surface area contributed by atoms with E-state index >= 15 is 0 Å². The minimum Gasteiger partial charge on any atom is -0.346 e. The molecule has 3 heteroatoms. The van der Waals surface area contributed by atoms with E-state index in [9.17, 15) is 0 Å². The zero-order valence-corrected chi connectivity index (χ0v) is 14.4. The van der Waals surface area contributed by atoms with Crippen LogP contribution in [0.5, 0.6) is 0 Å². The number of aromatic nitrogens is 2. The predicted molar refractivity (Wildman–Crippen MR) is 107 cm³/mol. The molecule has 0 spiro atoms. The summed E-state index contributed by atoms with van der Waals surface area (Å²) in [5, 5.41) is 3.29. The number of nitrogens with one attached hydrogen (secondary N) is 1. The number of pyridine rings is 1. The van der Waals surface area contributed by atoms with Crippen molar-refractivity contribution in [2.24, 2.45) is 0 Å². The topological polar surface area (TPSA) is 28.7 Å². The van der Waals surface area contributed by atoms with Gasteiger partial charge < -0.3 is 4.98 Å². The molecule has 0 saturated carbocycles. The molecule has 0 aliphatic heterocycles. The van der Waals surface area contributed by atoms with Crippen LogP contribution in [-0.2, 0) is 0 Å². The Morgan fingerprint density at radius 3 is 2.64 bits per heavy atom. The minimum absolute atomic E-state index is 0.940. The zero-order chi connectivity index (χ0) is 16.6. The van der Waals surface area contributed by atoms with Crippen LogP contribution in [0.3, 0.4) is 0 Å². The van der Waals surface area contributed by atoms with Gasteiger partial charge in [0.1, 0.15) is 5.65 Å². The van der Waals surface area contributed by atoms with Gasteiger partial charge in [0.25, 0.3) is 0 Å². The molecule has 0 bridgehead atoms. The molecule has 0 unspecified atom stereocenters. The van der Waals surface area contributed by atoms with Gasteiger partial charge in [-0.2, -0.15) is 0 Å². The van der Waals surface area contributed by atoms with Crippen LogP contribution < -0.4 is 0 Å². The van der Waals surface area contributed by atoms with E-state index in [1.165, 1.54) is 32.5 Å². The molecule has 0 radical (unpaired) electrons. The molecule has 1 aliphatic rings. The second-order valence-corrected chi connectivity index (χ2v) is 7.12. The maximum Gasteiger partial charge on any atom is 0.137 e. The highest BCUT2D eigenvalue weighted by atomic mass is 32.1. The van der Waals surface area contributed by atoms with E-state index in [-0.39, 0.29) is 0 Å². The molecule has 120 valence electrons. The number of benzene rings is 1. The van der Waals surface area contributed by atoms with Crippen molar-refractivity contribution in [2.75, 3.05) is 0 Å². The van der Waals surface area contributed by atoms with Crippen molar-refractivity contribution in [3.63, 3.8) is 0 Å². The third kappa shape index (κ3) is 2.53. The predicted octanol–water partition coefficient (Wildman–Crippen LogP) is 6.30. The summed E-state index contributed by atoms with van der Waals surface area (Å²) in [6.45, 7) is 0. The lowest BCUT2D eigenvalue weighted by Gasteiger charge is -2.05. The van der Waals surface area contributed by atoms with E-state index in [0.717, 1.165) is 17.6 Å². The first-order chi connectivity index (χ1) is 12.4. The van der Waals surface area contributed by atoms with Gasteiger partial charge in [0.2, 0.25) is 0 Å². The van der Waals surface area contributed by atoms with Crippen molar-refractivity contribution < 1.29 is 0 Å². The smallest absolute Gasteiger partial charge is 0.137 e. The highest BCUT2D eigenvalue weighted by Gasteiger charge is 2.11. The fourth-order valence-corrected chi connectivity index (χ4v) is 4.06. The second kappa shape index (κ2) is 5.87. The monoisotopic (exact) mass is 340 g/mol. The van der Waals surface area contributed by atoms with Gasteiger partial charge in [-0.1, -0.05) is 48.6 Å². The maximum atomic E-state index is 4.62. The number of nitrogens with zero attached hydrogens (tertiary/aromatic N) is 1. The molecule has 0 fully saturated rings. The molecule has 2 nitrogen and oxygen atoms in total. The Morgan fingerprint density at radius 1 is 1.00 bits per heavy atom. The summed E-state index contributed by atoms with van der Waals surface area (Å²) in [7, 11) is 0. The first-order valence-electron chi connectivity index (χ1n) is 8.37. The first kappa shape index (κ1) is 14.4. The highest BCUT2D eigenvalue weighted by Crippen LogP contribution is 2.32. The molecule has 0 atom stereocenters. The summed E-state index contributed by atoms with van der Waals surface area (Å²) in [6, 6.07) is 15.2. The van der Waals surface area contributed by atoms with Gasteiger partial charge in [0.15, 0.2) is 0 Å². The summed E-state index contributed by atoms with van der Waals surface area (Å²) < 4.78 is 0. The Hall–Kier alpha value is -2.91. The first-order valence-corrected chi connectivity index (χ1v) is 9.25. The molecular formula is C22H16N2S. The molecule has 4 aromatic rings. The van der Waals surface area contributed by atoms with Crippen LogP contribution in [0.2, 0.25) is 0 Å². The van der Waals surface area contributed by atoms with Crippen molar-refractivity contribution in [2.45, 2.75) is 6.42 Å². The fourth-order valence-electron chi connectivity index (χ4n) is 3.33. The number of rotatable bonds is 3. The SMILES string of the molecule is C1=CC(c2c[nH]c3ncc(-c4ccc(-c5cccs5)cc4)cc23)=CC1. The molecule has 1 aliphatic carbocycles. The highest BCUT2D eigenvalue weighted by molar-refractivity contribution is 7.13. The largest absolute Gasteiger partial charge is 0.346 e. The van der Waals surface area contributed by atoms with Crippen LogP contribution in [0.1, 0.15) is 12.0 Å². The van der Waals surface area contributed by atoms with E-state index < -0.39 is 0 Å². The summed E-state index contributed by atoms with van der Waals surface area (Å²) in [5.74, 6) is 0. The van der Waals surface area contributed by atoms with Crippen molar-refractivity contribution in [3.8, 4) is 21.6 Å². The molecule has 0 amide bonds. The average molecular weight is 340 g/mol. The van der Waals surface area contributed by atoms with Gasteiger partial charge in [-0.3, -0.25) is 0 Å². The Labute approximate surface area is 150 Å². The van der Waals surface area contributed by atoms with Crippen LogP contribution in [0, 0.1) is 0 Å². The van der Waals surface area contributed by atoms with Gasteiger partial charge in [0, 0.05) is 33.8 Å². The normalized spacial score (nSPS) is 13.5. The van der Waals surface area contributed by atoms with Crippen LogP contribution in [0.4, 0.5) is 0 Å². The van der Waals surface area contributed by atoms with Gasteiger partial charge in [0.05, 0.1) is 0 Å². The average Bonchev–Trinajstić information content (AvgIpc) is 3.41. The molecule has 0 saturated heterocycles. The van der Waals surface area contributed by atoms with Crippen LogP contribution in [0.15, 0.2) is 78.5 Å². The minimum atomic E-state index is 0.940. The van der Waals surface area contributed by atoms with Crippen molar-refractivity contribution >= 4 is 27.9 Å². The lowest BCUT2D eigenvalue weighted by molar-refractivity contribution is 1.32. The molecule has 25 heavy (non-hydrogen) atoms. The van der Waals surface area contributed by atoms with Gasteiger partial charge in [-0.25, -0.2) is 4.98 Å². The molecule has 5 rings (SSSR count). The van der Waals surface area contributed by atoms with Crippen molar-refractivity contribution in [1.82, 2.24) is 9.97 Å². The number of hydrogen-bond donors (Lipinski definition) is 1. The standard InChI is InChI=1S/C22H16N2S/c1-2-5-16(4-1)20-14-24-22-19(20)12-18(13-23-22)15-7-9-17(10-8-15)21-6-3-11-25-21/h1,3-14H,2H2,(H,23,24). The quantitative estimate of drug-likeness (QED) is 0.465. The Morgan fingerprint density at radius 2 is 1.88 bits per heavy atom. The van der Waals surface area contributed by atoms with Crippen molar-refractivity contribution in [3.05, 3.63) is 84.0 Å². The van der Waals surface area contributed by atoms with Gasteiger partial charge in [-0.05, 0) is 40.6 Å². The number of fused-ring (bicyclic) bond motifs is 1. The second-order valence-electron chi connectivity index (χ2n) is 6.17. The van der Waals surface area contributed by atoms with Crippen LogP contribution in [-0.4, -0.2) is 9.97 Å². The lowest BCUT2D eigenvalue weighted by atomic mass is 10.0. The lowest BCUT2D eigenvalue weighted by Crippen LogP contribution is -1.84. The molecule has 1 aromatic carbocycles. The van der Waals surface area contributed by atoms with E-state index in [0.29, 0.717) is 0 Å². The summed E-state index contributed by atoms with van der Waals surface area (Å²) in [6.07, 6.45) is 11.6. The molecular weight excluding hydrogens is 324 g/mol. The van der Waals surface area contributed by atoms with E-state index in [1.807, 2.05) is 6.20 Å². The molecule has 3 aromatic heterocycles. The fraction of sp³-hybridized carbons (Fsp3) is 0.0455. The van der Waals surface area contributed by atoms with Crippen LogP contribution >= 0.6 is 11.3 Å². The third-order valence-electron chi connectivity index (χ3n) is 4.64. The van der Waals surface area contributed by atoms with Crippen LogP contribution in [0.25, 0.3) is 38.2 Å². The number of thiophene rings is 1. The summed E-state index contributed by atoms with van der Waals surface area (Å²) >= 11 is 1.77. The van der Waals surface area contributed by atoms with E-state index in [2.05, 4.69) is 82.2 Å². The van der Waals surface area contributed by atoms with E-state index in [4.69, 9.17) is 0 Å². The Kier molecular flexibility index (Phi) is 3.39. The van der Waals surface area contributed by atoms with Gasteiger partial charge in [-0.15, -0.1) is 11.3 Å². The van der Waals surface area contributed by atoms with Gasteiger partial charge >= 0.3 is 0 Å².